The second-order valence-electron chi connectivity index (χ2n) is 0.659. The van der Waals surface area contributed by atoms with Gasteiger partial charge in [-0.05, 0) is 0 Å². The van der Waals surface area contributed by atoms with Gasteiger partial charge in [-0.25, -0.2) is 0 Å². The van der Waals surface area contributed by atoms with Crippen molar-refractivity contribution in [2.45, 2.75) is 0 Å². The smallest absolute Gasteiger partial charge is 0.271 e. The van der Waals surface area contributed by atoms with Crippen LogP contribution in [0.4, 0.5) is 0 Å². The molecule has 0 bridgehead atoms. The van der Waals surface area contributed by atoms with Crippen molar-refractivity contribution in [1.29, 1.82) is 0 Å². The van der Waals surface area contributed by atoms with Gasteiger partial charge in [-0.1, -0.05) is 0 Å². The summed E-state index contributed by atoms with van der Waals surface area (Å²) in [6.07, 6.45) is 0. The van der Waals surface area contributed by atoms with Crippen LogP contribution in [0.3, 0.4) is 0 Å². The first-order chi connectivity index (χ1) is 2.56. The van der Waals surface area contributed by atoms with E-state index in [9.17, 15) is 8.42 Å². The van der Waals surface area contributed by atoms with Crippen LogP contribution in [-0.4, -0.2) is 15.5 Å². The standard InChI is InChI=1S/CH5O3PS.Pd/c1-4-6(2,3)5;/h5H2,1H3;. The van der Waals surface area contributed by atoms with E-state index in [4.69, 9.17) is 0 Å². The normalized spacial score (nSPS) is 10.0. The molecule has 0 fully saturated rings. The molecule has 0 aromatic carbocycles. The SMILES string of the molecule is COS(=O)(=O)P.[Pd]. The van der Waals surface area contributed by atoms with Gasteiger partial charge in [-0.15, -0.1) is 0 Å². The summed E-state index contributed by atoms with van der Waals surface area (Å²) < 4.78 is 23.4. The molecule has 0 saturated carbocycles. The molecular formula is CH5O3PPdS. The van der Waals surface area contributed by atoms with Crippen molar-refractivity contribution in [1.82, 2.24) is 0 Å². The van der Waals surface area contributed by atoms with E-state index in [1.54, 1.807) is 8.44 Å². The third-order valence-corrected chi connectivity index (χ3v) is 1.27. The minimum absolute atomic E-state index is 0. The van der Waals surface area contributed by atoms with Gasteiger partial charge in [0, 0.05) is 28.9 Å². The van der Waals surface area contributed by atoms with Crippen LogP contribution in [0.25, 0.3) is 0 Å². The number of rotatable bonds is 1. The summed E-state index contributed by atoms with van der Waals surface area (Å²) in [5, 5.41) is 0. The van der Waals surface area contributed by atoms with Crippen molar-refractivity contribution in [3.05, 3.63) is 0 Å². The summed E-state index contributed by atoms with van der Waals surface area (Å²) in [6, 6.07) is 0. The summed E-state index contributed by atoms with van der Waals surface area (Å²) in [5.74, 6) is 0. The third kappa shape index (κ3) is 10.9. The average molecular weight is 235 g/mol. The molecule has 48 valence electrons. The zero-order chi connectivity index (χ0) is 5.21. The van der Waals surface area contributed by atoms with E-state index in [0.717, 1.165) is 7.11 Å². The van der Waals surface area contributed by atoms with E-state index in [0.29, 0.717) is 0 Å². The van der Waals surface area contributed by atoms with Crippen molar-refractivity contribution in [3.8, 4) is 0 Å². The molecular weight excluding hydrogens is 229 g/mol. The molecule has 0 aliphatic rings. The van der Waals surface area contributed by atoms with Crippen LogP contribution in [0, 0.1) is 0 Å². The molecule has 0 saturated heterocycles. The van der Waals surface area contributed by atoms with Gasteiger partial charge in [0.2, 0.25) is 0 Å². The molecule has 0 spiro atoms. The summed E-state index contributed by atoms with van der Waals surface area (Å²) in [4.78, 5) is 0. The van der Waals surface area contributed by atoms with Gasteiger partial charge in [0.1, 0.15) is 0 Å². The van der Waals surface area contributed by atoms with E-state index >= 15 is 0 Å². The average Bonchev–Trinajstić information content (AvgIpc) is 1.35. The van der Waals surface area contributed by atoms with E-state index in [2.05, 4.69) is 4.18 Å². The van der Waals surface area contributed by atoms with Gasteiger partial charge in [-0.2, -0.15) is 8.42 Å². The van der Waals surface area contributed by atoms with Crippen molar-refractivity contribution < 1.29 is 33.0 Å². The fraction of sp³-hybridized carbons (Fsp3) is 1.00. The maximum absolute atomic E-state index is 9.74. The van der Waals surface area contributed by atoms with Gasteiger partial charge < -0.3 is 0 Å². The predicted molar refractivity (Wildman–Crippen MR) is 25.6 cm³/mol. The monoisotopic (exact) mass is 234 g/mol. The Labute approximate surface area is 58.5 Å². The Morgan fingerprint density at radius 3 is 1.71 bits per heavy atom. The van der Waals surface area contributed by atoms with Gasteiger partial charge in [-0.3, -0.25) is 4.18 Å². The summed E-state index contributed by atoms with van der Waals surface area (Å²) >= 11 is 0. The molecule has 3 nitrogen and oxygen atoms in total. The molecule has 1 unspecified atom stereocenters. The van der Waals surface area contributed by atoms with Crippen LogP contribution in [0.1, 0.15) is 0 Å². The van der Waals surface area contributed by atoms with Gasteiger partial charge in [0.05, 0.1) is 7.11 Å². The molecule has 0 heterocycles. The van der Waals surface area contributed by atoms with E-state index in [1.165, 1.54) is 0 Å². The molecule has 0 aliphatic carbocycles. The zero-order valence-corrected chi connectivity index (χ0v) is 7.05. The van der Waals surface area contributed by atoms with Crippen LogP contribution < -0.4 is 0 Å². The Morgan fingerprint density at radius 1 is 1.57 bits per heavy atom. The topological polar surface area (TPSA) is 43.4 Å². The minimum Gasteiger partial charge on any atom is -0.271 e. The van der Waals surface area contributed by atoms with Crippen LogP contribution in [-0.2, 0) is 34.3 Å². The molecule has 1 atom stereocenters. The maximum Gasteiger partial charge on any atom is 0.277 e. The van der Waals surface area contributed by atoms with Crippen molar-refractivity contribution in [3.63, 3.8) is 0 Å². The van der Waals surface area contributed by atoms with Crippen molar-refractivity contribution in [2.24, 2.45) is 0 Å². The Bertz CT molecular complexity index is 117. The van der Waals surface area contributed by atoms with E-state index < -0.39 is 9.74 Å². The van der Waals surface area contributed by atoms with Gasteiger partial charge in [0.15, 0.2) is 0 Å². The Kier molecular flexibility index (Phi) is 6.13. The van der Waals surface area contributed by atoms with Gasteiger partial charge in [0.25, 0.3) is 9.74 Å². The molecule has 6 heteroatoms. The largest absolute Gasteiger partial charge is 0.277 e. The van der Waals surface area contributed by atoms with Crippen molar-refractivity contribution >= 4 is 18.2 Å². The molecule has 0 N–H and O–H groups in total. The van der Waals surface area contributed by atoms with Gasteiger partial charge >= 0.3 is 0 Å². The first-order valence-electron chi connectivity index (χ1n) is 1.14. The number of hydrogen-bond acceptors (Lipinski definition) is 3. The van der Waals surface area contributed by atoms with Crippen LogP contribution in [0.15, 0.2) is 0 Å². The Morgan fingerprint density at radius 2 is 1.71 bits per heavy atom. The zero-order valence-electron chi connectivity index (χ0n) is 3.53. The molecule has 0 radical (unpaired) electrons. The minimum atomic E-state index is -3.25. The first kappa shape index (κ1) is 10.9. The molecule has 0 aromatic heterocycles. The summed E-state index contributed by atoms with van der Waals surface area (Å²) in [7, 11) is -0.604. The fourth-order valence-electron chi connectivity index (χ4n) is 0. The summed E-state index contributed by atoms with van der Waals surface area (Å²) in [6.45, 7) is 0. The third-order valence-electron chi connectivity index (χ3n) is 0.232. The van der Waals surface area contributed by atoms with Crippen LogP contribution in [0.2, 0.25) is 0 Å². The van der Waals surface area contributed by atoms with Crippen molar-refractivity contribution in [2.75, 3.05) is 7.11 Å². The van der Waals surface area contributed by atoms with Crippen LogP contribution >= 0.6 is 8.44 Å². The Balaban J connectivity index is 0. The van der Waals surface area contributed by atoms with E-state index in [-0.39, 0.29) is 20.4 Å². The second kappa shape index (κ2) is 3.94. The fourth-order valence-corrected chi connectivity index (χ4v) is 0. The van der Waals surface area contributed by atoms with E-state index in [1.807, 2.05) is 0 Å². The predicted octanol–water partition coefficient (Wildman–Crippen LogP) is -0.250. The molecule has 0 aromatic rings. The first-order valence-corrected chi connectivity index (χ1v) is 4.03. The molecule has 0 amide bonds. The second-order valence-corrected chi connectivity index (χ2v) is 3.71. The molecule has 0 aliphatic heterocycles. The quantitative estimate of drug-likeness (QED) is 0.464. The Hall–Kier alpha value is 1.00. The maximum atomic E-state index is 9.74. The molecule has 7 heavy (non-hydrogen) atoms. The number of hydrogen-bond donors (Lipinski definition) is 0. The molecule has 0 rings (SSSR count). The summed E-state index contributed by atoms with van der Waals surface area (Å²) in [5.41, 5.74) is 0. The van der Waals surface area contributed by atoms with Crippen LogP contribution in [0.5, 0.6) is 0 Å².